The van der Waals surface area contributed by atoms with Crippen molar-refractivity contribution >= 4 is 5.70 Å². The quantitative estimate of drug-likeness (QED) is 0.835. The molecule has 2 aromatic rings. The number of hydrogen-bond donors (Lipinski definition) is 1. The first-order valence-corrected chi connectivity index (χ1v) is 5.92. The van der Waals surface area contributed by atoms with Crippen molar-refractivity contribution in [2.75, 3.05) is 7.11 Å². The van der Waals surface area contributed by atoms with Crippen molar-refractivity contribution < 1.29 is 4.84 Å². The molecule has 3 heteroatoms. The number of hydroxylamine groups is 1. The predicted molar refractivity (Wildman–Crippen MR) is 71.5 cm³/mol. The Bertz CT molecular complexity index is 591. The Kier molecular flexibility index (Phi) is 2.82. The summed E-state index contributed by atoms with van der Waals surface area (Å²) in [6, 6.07) is 10.4. The van der Waals surface area contributed by atoms with Gasteiger partial charge in [-0.15, -0.1) is 0 Å². The Balaban J connectivity index is 2.06. The molecule has 0 unspecified atom stereocenters. The van der Waals surface area contributed by atoms with Crippen LogP contribution in [0.25, 0.3) is 16.8 Å². The van der Waals surface area contributed by atoms with E-state index in [0.29, 0.717) is 0 Å². The van der Waals surface area contributed by atoms with Gasteiger partial charge in [-0.2, -0.15) is 0 Å². The maximum Gasteiger partial charge on any atom is 0.0643 e. The van der Waals surface area contributed by atoms with Gasteiger partial charge in [0.25, 0.3) is 0 Å². The first-order valence-electron chi connectivity index (χ1n) is 5.92. The van der Waals surface area contributed by atoms with Gasteiger partial charge < -0.3 is 0 Å². The fraction of sp³-hybridized carbons (Fsp3) is 0.133. The summed E-state index contributed by atoms with van der Waals surface area (Å²) in [5, 5.41) is 0. The van der Waals surface area contributed by atoms with Crippen LogP contribution in [0.3, 0.4) is 0 Å². The molecule has 0 atom stereocenters. The zero-order valence-corrected chi connectivity index (χ0v) is 10.2. The van der Waals surface area contributed by atoms with E-state index in [1.165, 1.54) is 16.7 Å². The summed E-state index contributed by atoms with van der Waals surface area (Å²) < 4.78 is 0. The molecular formula is C15H14N2O. The molecule has 0 spiro atoms. The summed E-state index contributed by atoms with van der Waals surface area (Å²) in [4.78, 5) is 9.18. The van der Waals surface area contributed by atoms with E-state index < -0.39 is 0 Å². The largest absolute Gasteiger partial charge is 0.279 e. The molecule has 3 nitrogen and oxygen atoms in total. The van der Waals surface area contributed by atoms with Gasteiger partial charge in [0.15, 0.2) is 0 Å². The van der Waals surface area contributed by atoms with Crippen molar-refractivity contribution in [2.45, 2.75) is 6.42 Å². The van der Waals surface area contributed by atoms with E-state index in [9.17, 15) is 0 Å². The highest BCUT2D eigenvalue weighted by Gasteiger charge is 2.17. The number of benzene rings is 1. The first-order chi connectivity index (χ1) is 8.90. The van der Waals surface area contributed by atoms with Crippen LogP contribution in [0.4, 0.5) is 0 Å². The van der Waals surface area contributed by atoms with Gasteiger partial charge >= 0.3 is 0 Å². The monoisotopic (exact) mass is 238 g/mol. The minimum absolute atomic E-state index is 0.923. The van der Waals surface area contributed by atoms with Gasteiger partial charge in [-0.1, -0.05) is 30.3 Å². The minimum Gasteiger partial charge on any atom is -0.279 e. The summed E-state index contributed by atoms with van der Waals surface area (Å²) >= 11 is 0. The number of pyridine rings is 1. The topological polar surface area (TPSA) is 34.1 Å². The van der Waals surface area contributed by atoms with Gasteiger partial charge in [0.2, 0.25) is 0 Å². The number of fused-ring (bicyclic) bond motifs is 1. The maximum absolute atomic E-state index is 5.00. The number of nitrogens with zero attached hydrogens (tertiary/aromatic N) is 1. The second-order valence-electron chi connectivity index (χ2n) is 4.20. The van der Waals surface area contributed by atoms with Gasteiger partial charge in [0.05, 0.1) is 12.8 Å². The molecule has 0 radical (unpaired) electrons. The van der Waals surface area contributed by atoms with Crippen LogP contribution in [0.1, 0.15) is 11.1 Å². The second kappa shape index (κ2) is 4.63. The predicted octanol–water partition coefficient (Wildman–Crippen LogP) is 2.80. The minimum atomic E-state index is 0.923. The van der Waals surface area contributed by atoms with Gasteiger partial charge in [-0.25, -0.2) is 0 Å². The third-order valence-corrected chi connectivity index (χ3v) is 3.16. The van der Waals surface area contributed by atoms with Crippen LogP contribution < -0.4 is 5.48 Å². The Hall–Kier alpha value is -2.13. The summed E-state index contributed by atoms with van der Waals surface area (Å²) in [5.74, 6) is 0. The number of hydrogen-bond acceptors (Lipinski definition) is 3. The van der Waals surface area contributed by atoms with Crippen molar-refractivity contribution in [3.8, 4) is 11.1 Å². The summed E-state index contributed by atoms with van der Waals surface area (Å²) in [6.45, 7) is 0. The summed E-state index contributed by atoms with van der Waals surface area (Å²) in [5.41, 5.74) is 8.89. The van der Waals surface area contributed by atoms with Crippen molar-refractivity contribution in [1.29, 1.82) is 0 Å². The van der Waals surface area contributed by atoms with E-state index in [2.05, 4.69) is 40.8 Å². The average molecular weight is 238 g/mol. The highest BCUT2D eigenvalue weighted by molar-refractivity contribution is 5.80. The number of nitrogens with one attached hydrogen (secondary N) is 1. The lowest BCUT2D eigenvalue weighted by molar-refractivity contribution is 0.137. The van der Waals surface area contributed by atoms with E-state index >= 15 is 0 Å². The normalized spacial score (nSPS) is 13.1. The molecule has 1 aromatic heterocycles. The molecule has 0 amide bonds. The van der Waals surface area contributed by atoms with Crippen molar-refractivity contribution in [1.82, 2.24) is 10.5 Å². The lowest BCUT2D eigenvalue weighted by atomic mass is 9.97. The third-order valence-electron chi connectivity index (χ3n) is 3.16. The van der Waals surface area contributed by atoms with Crippen LogP contribution in [0.5, 0.6) is 0 Å². The maximum atomic E-state index is 5.00. The van der Waals surface area contributed by atoms with Gasteiger partial charge in [-0.05, 0) is 23.6 Å². The van der Waals surface area contributed by atoms with Crippen LogP contribution in [-0.4, -0.2) is 12.1 Å². The molecule has 0 saturated heterocycles. The molecule has 1 N–H and O–H groups in total. The molecule has 1 aliphatic carbocycles. The van der Waals surface area contributed by atoms with Crippen LogP contribution in [0, 0.1) is 0 Å². The van der Waals surface area contributed by atoms with Crippen LogP contribution >= 0.6 is 0 Å². The molecular weight excluding hydrogens is 224 g/mol. The highest BCUT2D eigenvalue weighted by Crippen LogP contribution is 2.33. The molecule has 0 aliphatic heterocycles. The zero-order chi connectivity index (χ0) is 12.4. The van der Waals surface area contributed by atoms with E-state index in [4.69, 9.17) is 4.84 Å². The van der Waals surface area contributed by atoms with E-state index in [-0.39, 0.29) is 0 Å². The van der Waals surface area contributed by atoms with Gasteiger partial charge in [0, 0.05) is 23.5 Å². The van der Waals surface area contributed by atoms with Crippen LogP contribution in [0.2, 0.25) is 0 Å². The first kappa shape index (κ1) is 11.0. The lowest BCUT2D eigenvalue weighted by Gasteiger charge is -2.10. The van der Waals surface area contributed by atoms with Gasteiger partial charge in [0.1, 0.15) is 0 Å². The second-order valence-corrected chi connectivity index (χ2v) is 4.20. The van der Waals surface area contributed by atoms with E-state index in [0.717, 1.165) is 17.7 Å². The van der Waals surface area contributed by atoms with Crippen molar-refractivity contribution in [3.63, 3.8) is 0 Å². The molecule has 90 valence electrons. The average Bonchev–Trinajstić information content (AvgIpc) is 2.84. The number of allylic oxidation sites excluding steroid dienone is 1. The van der Waals surface area contributed by atoms with Gasteiger partial charge in [-0.3, -0.25) is 15.3 Å². The molecule has 0 fully saturated rings. The number of aromatic nitrogens is 1. The third kappa shape index (κ3) is 1.79. The zero-order valence-electron chi connectivity index (χ0n) is 10.2. The van der Waals surface area contributed by atoms with E-state index in [1.807, 2.05) is 12.3 Å². The molecule has 1 aromatic carbocycles. The molecule has 0 saturated carbocycles. The lowest BCUT2D eigenvalue weighted by Crippen LogP contribution is -2.08. The number of rotatable bonds is 3. The summed E-state index contributed by atoms with van der Waals surface area (Å²) in [6.07, 6.45) is 6.76. The van der Waals surface area contributed by atoms with Crippen LogP contribution in [-0.2, 0) is 11.3 Å². The Labute approximate surface area is 106 Å². The Morgan fingerprint density at radius 2 is 2.06 bits per heavy atom. The van der Waals surface area contributed by atoms with E-state index in [1.54, 1.807) is 13.3 Å². The Morgan fingerprint density at radius 3 is 2.83 bits per heavy atom. The molecule has 1 heterocycles. The summed E-state index contributed by atoms with van der Waals surface area (Å²) in [7, 11) is 1.63. The molecule has 18 heavy (non-hydrogen) atoms. The van der Waals surface area contributed by atoms with Crippen molar-refractivity contribution in [3.05, 3.63) is 59.9 Å². The molecule has 1 aliphatic rings. The highest BCUT2D eigenvalue weighted by atomic mass is 16.6. The molecule has 0 bridgehead atoms. The fourth-order valence-corrected chi connectivity index (χ4v) is 2.37. The SMILES string of the molecule is CONC1=CCc2c1cccc2-c1cccnc1. The standard InChI is InChI=1S/C15H14N2O/c1-18-17-15-8-7-13-12(5-2-6-14(13)15)11-4-3-9-16-10-11/h2-6,8-10,17H,7H2,1H3. The Morgan fingerprint density at radius 1 is 1.17 bits per heavy atom. The van der Waals surface area contributed by atoms with Crippen LogP contribution in [0.15, 0.2) is 48.8 Å². The van der Waals surface area contributed by atoms with Crippen molar-refractivity contribution in [2.24, 2.45) is 0 Å². The molecule has 3 rings (SSSR count). The smallest absolute Gasteiger partial charge is 0.0643 e. The fourth-order valence-electron chi connectivity index (χ4n) is 2.37.